The Morgan fingerprint density at radius 1 is 1.41 bits per heavy atom. The third-order valence-electron chi connectivity index (χ3n) is 3.28. The zero-order chi connectivity index (χ0) is 15.5. The Morgan fingerprint density at radius 2 is 2.27 bits per heavy atom. The molecule has 22 heavy (non-hydrogen) atoms. The summed E-state index contributed by atoms with van der Waals surface area (Å²) in [6, 6.07) is 7.23. The van der Waals surface area contributed by atoms with Crippen LogP contribution in [-0.4, -0.2) is 22.5 Å². The molecule has 2 heterocycles. The smallest absolute Gasteiger partial charge is 0.340 e. The molecule has 0 saturated carbocycles. The van der Waals surface area contributed by atoms with E-state index < -0.39 is 0 Å². The van der Waals surface area contributed by atoms with E-state index in [2.05, 4.69) is 9.97 Å². The van der Waals surface area contributed by atoms with E-state index in [-0.39, 0.29) is 5.97 Å². The standard InChI is InChI=1S/C16H13ClN2O2S/c1-10-12(7-13-14(17)3-2-4-15(13)19-10)16(20)21-6-5-11-8-18-9-22-11/h2-4,7-9H,5-6H2,1H3. The third-order valence-corrected chi connectivity index (χ3v) is 4.45. The van der Waals surface area contributed by atoms with Gasteiger partial charge < -0.3 is 4.74 Å². The fourth-order valence-corrected chi connectivity index (χ4v) is 2.95. The van der Waals surface area contributed by atoms with E-state index in [4.69, 9.17) is 16.3 Å². The average Bonchev–Trinajstić information content (AvgIpc) is 3.00. The first-order chi connectivity index (χ1) is 10.6. The number of halogens is 1. The molecule has 0 unspecified atom stereocenters. The number of benzene rings is 1. The van der Waals surface area contributed by atoms with Crippen LogP contribution in [0.1, 0.15) is 20.9 Å². The van der Waals surface area contributed by atoms with Crippen LogP contribution >= 0.6 is 22.9 Å². The van der Waals surface area contributed by atoms with E-state index >= 15 is 0 Å². The highest BCUT2D eigenvalue weighted by Gasteiger charge is 2.14. The largest absolute Gasteiger partial charge is 0.462 e. The summed E-state index contributed by atoms with van der Waals surface area (Å²) >= 11 is 7.71. The van der Waals surface area contributed by atoms with Crippen molar-refractivity contribution in [2.45, 2.75) is 13.3 Å². The Hall–Kier alpha value is -1.98. The first-order valence-electron chi connectivity index (χ1n) is 6.75. The van der Waals surface area contributed by atoms with Crippen LogP contribution < -0.4 is 0 Å². The fraction of sp³-hybridized carbons (Fsp3) is 0.188. The molecule has 1 aromatic carbocycles. The first kappa shape index (κ1) is 14.9. The zero-order valence-corrected chi connectivity index (χ0v) is 13.4. The summed E-state index contributed by atoms with van der Waals surface area (Å²) < 4.78 is 5.33. The minimum absolute atomic E-state index is 0.320. The second-order valence-electron chi connectivity index (χ2n) is 4.78. The SMILES string of the molecule is Cc1nc2cccc(Cl)c2cc1C(=O)OCCc1cncs1. The van der Waals surface area contributed by atoms with Crippen molar-refractivity contribution in [1.82, 2.24) is 9.97 Å². The molecule has 0 aliphatic heterocycles. The maximum Gasteiger partial charge on any atom is 0.340 e. The molecule has 0 saturated heterocycles. The number of aryl methyl sites for hydroxylation is 1. The van der Waals surface area contributed by atoms with Crippen molar-refractivity contribution in [3.8, 4) is 0 Å². The van der Waals surface area contributed by atoms with Gasteiger partial charge in [-0.15, -0.1) is 11.3 Å². The first-order valence-corrected chi connectivity index (χ1v) is 8.01. The van der Waals surface area contributed by atoms with Crippen molar-refractivity contribution in [3.05, 3.63) is 57.1 Å². The van der Waals surface area contributed by atoms with Crippen LogP contribution in [0, 0.1) is 6.92 Å². The van der Waals surface area contributed by atoms with Crippen LogP contribution in [0.2, 0.25) is 5.02 Å². The van der Waals surface area contributed by atoms with Crippen LogP contribution in [-0.2, 0) is 11.2 Å². The summed E-state index contributed by atoms with van der Waals surface area (Å²) in [5.74, 6) is -0.378. The van der Waals surface area contributed by atoms with Crippen LogP contribution in [0.5, 0.6) is 0 Å². The molecule has 0 fully saturated rings. The number of ether oxygens (including phenoxy) is 1. The second kappa shape index (κ2) is 6.42. The highest BCUT2D eigenvalue weighted by Crippen LogP contribution is 2.24. The summed E-state index contributed by atoms with van der Waals surface area (Å²) in [5.41, 5.74) is 3.62. The van der Waals surface area contributed by atoms with E-state index in [1.165, 1.54) is 0 Å². The van der Waals surface area contributed by atoms with Crippen molar-refractivity contribution in [2.24, 2.45) is 0 Å². The molecule has 0 radical (unpaired) electrons. The van der Waals surface area contributed by atoms with Crippen molar-refractivity contribution in [2.75, 3.05) is 6.61 Å². The lowest BCUT2D eigenvalue weighted by molar-refractivity contribution is 0.0509. The summed E-state index contributed by atoms with van der Waals surface area (Å²) in [5, 5.41) is 1.33. The number of esters is 1. The molecular weight excluding hydrogens is 320 g/mol. The molecule has 3 rings (SSSR count). The van der Waals surface area contributed by atoms with Crippen molar-refractivity contribution >= 4 is 39.8 Å². The van der Waals surface area contributed by atoms with E-state index in [0.717, 1.165) is 15.8 Å². The van der Waals surface area contributed by atoms with Gasteiger partial charge >= 0.3 is 5.97 Å². The lowest BCUT2D eigenvalue weighted by Gasteiger charge is -2.08. The van der Waals surface area contributed by atoms with E-state index in [9.17, 15) is 4.79 Å². The third kappa shape index (κ3) is 3.10. The number of carbonyl (C=O) groups is 1. The lowest BCUT2D eigenvalue weighted by atomic mass is 10.1. The molecule has 0 aliphatic carbocycles. The average molecular weight is 333 g/mol. The number of aromatic nitrogens is 2. The molecule has 0 bridgehead atoms. The Morgan fingerprint density at radius 3 is 3.05 bits per heavy atom. The van der Waals surface area contributed by atoms with Gasteiger partial charge in [-0.05, 0) is 25.1 Å². The number of hydrogen-bond donors (Lipinski definition) is 0. The van der Waals surface area contributed by atoms with Gasteiger partial charge in [-0.2, -0.15) is 0 Å². The van der Waals surface area contributed by atoms with Crippen LogP contribution in [0.25, 0.3) is 10.9 Å². The highest BCUT2D eigenvalue weighted by molar-refractivity contribution is 7.09. The number of fused-ring (bicyclic) bond motifs is 1. The van der Waals surface area contributed by atoms with Gasteiger partial charge in [0.25, 0.3) is 0 Å². The fourth-order valence-electron chi connectivity index (χ4n) is 2.15. The summed E-state index contributed by atoms with van der Waals surface area (Å²) in [6.07, 6.45) is 2.44. The Kier molecular flexibility index (Phi) is 4.36. The molecule has 4 nitrogen and oxygen atoms in total. The van der Waals surface area contributed by atoms with Gasteiger partial charge in [0.2, 0.25) is 0 Å². The van der Waals surface area contributed by atoms with Gasteiger partial charge in [-0.25, -0.2) is 4.79 Å². The number of thiazole rings is 1. The minimum Gasteiger partial charge on any atom is -0.462 e. The number of hydrogen-bond acceptors (Lipinski definition) is 5. The lowest BCUT2D eigenvalue weighted by Crippen LogP contribution is -2.10. The Bertz CT molecular complexity index is 818. The predicted molar refractivity (Wildman–Crippen MR) is 87.6 cm³/mol. The Balaban J connectivity index is 1.78. The monoisotopic (exact) mass is 332 g/mol. The predicted octanol–water partition coefficient (Wildman–Crippen LogP) is 4.05. The van der Waals surface area contributed by atoms with Gasteiger partial charge in [-0.3, -0.25) is 9.97 Å². The van der Waals surface area contributed by atoms with Crippen molar-refractivity contribution in [3.63, 3.8) is 0 Å². The molecule has 0 amide bonds. The summed E-state index contributed by atoms with van der Waals surface area (Å²) in [4.78, 5) is 21.7. The second-order valence-corrected chi connectivity index (χ2v) is 6.16. The molecule has 0 atom stereocenters. The van der Waals surface area contributed by atoms with Crippen molar-refractivity contribution < 1.29 is 9.53 Å². The summed E-state index contributed by atoms with van der Waals surface area (Å²) in [7, 11) is 0. The molecule has 112 valence electrons. The quantitative estimate of drug-likeness (QED) is 0.676. The van der Waals surface area contributed by atoms with Gasteiger partial charge in [0.15, 0.2) is 0 Å². The maximum absolute atomic E-state index is 12.2. The van der Waals surface area contributed by atoms with Crippen molar-refractivity contribution in [1.29, 1.82) is 0 Å². The molecule has 2 aromatic heterocycles. The molecule has 6 heteroatoms. The normalized spacial score (nSPS) is 10.8. The van der Waals surface area contributed by atoms with Crippen LogP contribution in [0.4, 0.5) is 0 Å². The number of pyridine rings is 1. The van der Waals surface area contributed by atoms with Gasteiger partial charge in [-0.1, -0.05) is 17.7 Å². The van der Waals surface area contributed by atoms with E-state index in [1.54, 1.807) is 42.1 Å². The zero-order valence-electron chi connectivity index (χ0n) is 11.9. The number of rotatable bonds is 4. The maximum atomic E-state index is 12.2. The van der Waals surface area contributed by atoms with Gasteiger partial charge in [0.1, 0.15) is 0 Å². The molecule has 0 N–H and O–H groups in total. The van der Waals surface area contributed by atoms with Crippen LogP contribution in [0.3, 0.4) is 0 Å². The molecule has 0 spiro atoms. The summed E-state index contributed by atoms with van der Waals surface area (Å²) in [6.45, 7) is 2.11. The van der Waals surface area contributed by atoms with Gasteiger partial charge in [0, 0.05) is 27.9 Å². The van der Waals surface area contributed by atoms with E-state index in [0.29, 0.717) is 29.3 Å². The molecule has 0 aliphatic rings. The van der Waals surface area contributed by atoms with Crippen LogP contribution in [0.15, 0.2) is 36.0 Å². The number of carbonyl (C=O) groups excluding carboxylic acids is 1. The highest BCUT2D eigenvalue weighted by atomic mass is 35.5. The topological polar surface area (TPSA) is 52.1 Å². The molecule has 3 aromatic rings. The molecular formula is C16H13ClN2O2S. The minimum atomic E-state index is -0.378. The van der Waals surface area contributed by atoms with Gasteiger partial charge in [0.05, 0.1) is 28.9 Å². The Labute approximate surface area is 136 Å². The van der Waals surface area contributed by atoms with E-state index in [1.807, 2.05) is 12.1 Å². The number of nitrogens with zero attached hydrogens (tertiary/aromatic N) is 2.